The molecule has 0 aromatic heterocycles. The minimum absolute atomic E-state index is 0.0653. The Labute approximate surface area is 323 Å². The van der Waals surface area contributed by atoms with Crippen LogP contribution in [0, 0.1) is 11.8 Å². The zero-order valence-corrected chi connectivity index (χ0v) is 35.4. The molecule has 0 unspecified atom stereocenters. The number of carbonyl (C=O) groups is 3. The quantitative estimate of drug-likeness (QED) is 0.0354. The largest absolute Gasteiger partial charge is 0.462 e. The van der Waals surface area contributed by atoms with Crippen LogP contribution in [0.5, 0.6) is 0 Å². The minimum atomic E-state index is -0.760. The van der Waals surface area contributed by atoms with Crippen LogP contribution >= 0.6 is 0 Å². The van der Waals surface area contributed by atoms with E-state index in [4.69, 9.17) is 14.2 Å². The average molecular weight is 737 g/mol. The Morgan fingerprint density at radius 3 is 0.942 bits per heavy atom. The second-order valence-electron chi connectivity index (χ2n) is 16.6. The molecule has 308 valence electrons. The van der Waals surface area contributed by atoms with Crippen LogP contribution in [-0.2, 0) is 28.6 Å². The molecule has 0 saturated heterocycles. The lowest BCUT2D eigenvalue weighted by Crippen LogP contribution is -2.30. The normalized spacial score (nSPS) is 12.1. The molecule has 0 aromatic carbocycles. The van der Waals surface area contributed by atoms with E-state index < -0.39 is 6.10 Å². The number of rotatable bonds is 40. The lowest BCUT2D eigenvalue weighted by molar-refractivity contribution is -0.167. The van der Waals surface area contributed by atoms with E-state index in [1.165, 1.54) is 135 Å². The molecule has 0 aliphatic carbocycles. The Kier molecular flexibility index (Phi) is 37.9. The highest BCUT2D eigenvalue weighted by Crippen LogP contribution is 2.16. The van der Waals surface area contributed by atoms with Gasteiger partial charge in [-0.3, -0.25) is 14.4 Å². The first-order valence-corrected chi connectivity index (χ1v) is 22.7. The van der Waals surface area contributed by atoms with Gasteiger partial charge < -0.3 is 14.2 Å². The Morgan fingerprint density at radius 2 is 0.635 bits per heavy atom. The van der Waals surface area contributed by atoms with Gasteiger partial charge in [0.15, 0.2) is 6.10 Å². The third-order valence-corrected chi connectivity index (χ3v) is 10.2. The van der Waals surface area contributed by atoms with Crippen molar-refractivity contribution in [3.05, 3.63) is 0 Å². The minimum Gasteiger partial charge on any atom is -0.462 e. The zero-order valence-electron chi connectivity index (χ0n) is 35.4. The summed E-state index contributed by atoms with van der Waals surface area (Å²) < 4.78 is 16.7. The van der Waals surface area contributed by atoms with Crippen LogP contribution in [0.15, 0.2) is 0 Å². The number of hydrogen-bond acceptors (Lipinski definition) is 6. The van der Waals surface area contributed by atoms with Crippen LogP contribution < -0.4 is 0 Å². The van der Waals surface area contributed by atoms with Gasteiger partial charge in [-0.05, 0) is 31.1 Å². The molecule has 6 heteroatoms. The smallest absolute Gasteiger partial charge is 0.306 e. The zero-order chi connectivity index (χ0) is 38.3. The van der Waals surface area contributed by atoms with Crippen molar-refractivity contribution in [2.75, 3.05) is 13.2 Å². The molecule has 0 heterocycles. The summed E-state index contributed by atoms with van der Waals surface area (Å²) in [5.74, 6) is 0.745. The molecule has 0 aliphatic rings. The summed E-state index contributed by atoms with van der Waals surface area (Å²) in [6, 6.07) is 0. The molecule has 52 heavy (non-hydrogen) atoms. The summed E-state index contributed by atoms with van der Waals surface area (Å²) in [5, 5.41) is 0. The van der Waals surface area contributed by atoms with E-state index in [2.05, 4.69) is 34.6 Å². The molecule has 0 rings (SSSR count). The lowest BCUT2D eigenvalue weighted by atomic mass is 10.0. The first kappa shape index (κ1) is 50.4. The Balaban J connectivity index is 4.33. The molecule has 6 nitrogen and oxygen atoms in total. The molecular formula is C46H88O6. The predicted molar refractivity (Wildman–Crippen MR) is 220 cm³/mol. The number of esters is 3. The van der Waals surface area contributed by atoms with Gasteiger partial charge >= 0.3 is 17.9 Å². The van der Waals surface area contributed by atoms with Crippen LogP contribution in [-0.4, -0.2) is 37.2 Å². The van der Waals surface area contributed by atoms with Crippen molar-refractivity contribution in [1.82, 2.24) is 0 Å². The van der Waals surface area contributed by atoms with Crippen molar-refractivity contribution >= 4 is 17.9 Å². The summed E-state index contributed by atoms with van der Waals surface area (Å²) in [7, 11) is 0. The summed E-state index contributed by atoms with van der Waals surface area (Å²) in [4.78, 5) is 37.6. The fourth-order valence-electron chi connectivity index (χ4n) is 6.75. The summed E-state index contributed by atoms with van der Waals surface area (Å²) in [5.41, 5.74) is 0. The van der Waals surface area contributed by atoms with Gasteiger partial charge in [0.1, 0.15) is 13.2 Å². The van der Waals surface area contributed by atoms with Crippen molar-refractivity contribution in [2.24, 2.45) is 11.8 Å². The van der Waals surface area contributed by atoms with E-state index in [9.17, 15) is 14.4 Å². The lowest BCUT2D eigenvalue weighted by Gasteiger charge is -2.18. The fraction of sp³-hybridized carbons (Fsp3) is 0.935. The van der Waals surface area contributed by atoms with Gasteiger partial charge in [0, 0.05) is 19.3 Å². The molecule has 0 aliphatic heterocycles. The van der Waals surface area contributed by atoms with E-state index in [-0.39, 0.29) is 31.1 Å². The molecule has 0 radical (unpaired) electrons. The summed E-state index contributed by atoms with van der Waals surface area (Å²) in [6.07, 6.45) is 36.6. The maximum absolute atomic E-state index is 12.7. The molecule has 0 fully saturated rings. The SMILES string of the molecule is CCCCCCCCCCCCC(=O)OC[C@@H](COC(=O)CCCCCCCCCC(C)C)OC(=O)CCCCCCCCCCCCCC(C)C. The highest BCUT2D eigenvalue weighted by Gasteiger charge is 2.19. The van der Waals surface area contributed by atoms with E-state index in [0.29, 0.717) is 19.3 Å². The molecule has 0 aromatic rings. The highest BCUT2D eigenvalue weighted by molar-refractivity contribution is 5.71. The topological polar surface area (TPSA) is 78.9 Å². The number of carbonyl (C=O) groups excluding carboxylic acids is 3. The van der Waals surface area contributed by atoms with Gasteiger partial charge in [0.2, 0.25) is 0 Å². The number of unbranched alkanes of at least 4 members (excludes halogenated alkanes) is 25. The van der Waals surface area contributed by atoms with Crippen molar-refractivity contribution in [1.29, 1.82) is 0 Å². The molecular weight excluding hydrogens is 648 g/mol. The van der Waals surface area contributed by atoms with Gasteiger partial charge in [-0.15, -0.1) is 0 Å². The van der Waals surface area contributed by atoms with E-state index in [1.807, 2.05) is 0 Å². The highest BCUT2D eigenvalue weighted by atomic mass is 16.6. The van der Waals surface area contributed by atoms with Gasteiger partial charge in [-0.25, -0.2) is 0 Å². The Morgan fingerprint density at radius 1 is 0.365 bits per heavy atom. The Bertz CT molecular complexity index is 794. The van der Waals surface area contributed by atoms with Crippen molar-refractivity contribution in [3.63, 3.8) is 0 Å². The first-order valence-electron chi connectivity index (χ1n) is 22.7. The standard InChI is InChI=1S/C46H88O6/c1-6-7-8-9-10-11-16-21-26-31-36-44(47)50-39-43(40-51-45(48)37-32-27-23-18-20-25-30-35-42(4)5)52-46(49)38-33-28-22-17-14-12-13-15-19-24-29-34-41(2)3/h41-43H,6-40H2,1-5H3/t43-/m0/s1. The second-order valence-corrected chi connectivity index (χ2v) is 16.6. The predicted octanol–water partition coefficient (Wildman–Crippen LogP) is 14.2. The summed E-state index contributed by atoms with van der Waals surface area (Å²) in [6.45, 7) is 11.3. The molecule has 0 saturated carbocycles. The molecule has 0 bridgehead atoms. The molecule has 0 spiro atoms. The van der Waals surface area contributed by atoms with Crippen molar-refractivity contribution in [2.45, 2.75) is 253 Å². The maximum atomic E-state index is 12.7. The van der Waals surface area contributed by atoms with Gasteiger partial charge in [0.25, 0.3) is 0 Å². The monoisotopic (exact) mass is 737 g/mol. The first-order chi connectivity index (χ1) is 25.2. The summed E-state index contributed by atoms with van der Waals surface area (Å²) >= 11 is 0. The van der Waals surface area contributed by atoms with Crippen LogP contribution in [0.1, 0.15) is 247 Å². The Hall–Kier alpha value is -1.59. The van der Waals surface area contributed by atoms with Crippen LogP contribution in [0.25, 0.3) is 0 Å². The number of ether oxygens (including phenoxy) is 3. The van der Waals surface area contributed by atoms with E-state index >= 15 is 0 Å². The van der Waals surface area contributed by atoms with Crippen molar-refractivity contribution in [3.8, 4) is 0 Å². The van der Waals surface area contributed by atoms with Gasteiger partial charge in [-0.2, -0.15) is 0 Å². The third-order valence-electron chi connectivity index (χ3n) is 10.2. The maximum Gasteiger partial charge on any atom is 0.306 e. The van der Waals surface area contributed by atoms with Gasteiger partial charge in [-0.1, -0.05) is 208 Å². The molecule has 1 atom stereocenters. The second kappa shape index (κ2) is 39.1. The molecule has 0 amide bonds. The van der Waals surface area contributed by atoms with Crippen LogP contribution in [0.2, 0.25) is 0 Å². The van der Waals surface area contributed by atoms with Crippen molar-refractivity contribution < 1.29 is 28.6 Å². The van der Waals surface area contributed by atoms with Crippen LogP contribution in [0.3, 0.4) is 0 Å². The third kappa shape index (κ3) is 39.6. The van der Waals surface area contributed by atoms with Crippen LogP contribution in [0.4, 0.5) is 0 Å². The van der Waals surface area contributed by atoms with E-state index in [0.717, 1.165) is 69.6 Å². The van der Waals surface area contributed by atoms with E-state index in [1.54, 1.807) is 0 Å². The fourth-order valence-corrected chi connectivity index (χ4v) is 6.75. The molecule has 0 N–H and O–H groups in total. The van der Waals surface area contributed by atoms with Gasteiger partial charge in [0.05, 0.1) is 0 Å². The number of hydrogen-bond donors (Lipinski definition) is 0. The average Bonchev–Trinajstić information content (AvgIpc) is 3.11.